The van der Waals surface area contributed by atoms with Gasteiger partial charge < -0.3 is 5.32 Å². The molecule has 0 atom stereocenters. The van der Waals surface area contributed by atoms with E-state index in [2.05, 4.69) is 48.7 Å². The molecule has 4 heteroatoms. The Labute approximate surface area is 88.3 Å². The molecule has 1 N–H and O–H groups in total. The van der Waals surface area contributed by atoms with Gasteiger partial charge in [0.25, 0.3) is 0 Å². The first kappa shape index (κ1) is 9.74. The Morgan fingerprint density at radius 2 is 2.42 bits per heavy atom. The highest BCUT2D eigenvalue weighted by atomic mass is 79.9. The Hall–Kier alpha value is -0.350. The van der Waals surface area contributed by atoms with E-state index in [1.165, 1.54) is 0 Å². The largest absolute Gasteiger partial charge is 0.365 e. The molecular formula is C8H8Br2N2. The predicted octanol–water partition coefficient (Wildman–Crippen LogP) is 3.16. The number of pyridine rings is 1. The van der Waals surface area contributed by atoms with Crippen molar-refractivity contribution in [3.63, 3.8) is 0 Å². The van der Waals surface area contributed by atoms with Crippen LogP contribution in [0.2, 0.25) is 0 Å². The number of hydrogen-bond donors (Lipinski definition) is 1. The molecule has 2 nitrogen and oxygen atoms in total. The van der Waals surface area contributed by atoms with Gasteiger partial charge in [-0.3, -0.25) is 0 Å². The van der Waals surface area contributed by atoms with Gasteiger partial charge >= 0.3 is 0 Å². The molecule has 0 spiro atoms. The van der Waals surface area contributed by atoms with Crippen LogP contribution in [0.4, 0.5) is 5.82 Å². The van der Waals surface area contributed by atoms with Crippen molar-refractivity contribution >= 4 is 37.7 Å². The van der Waals surface area contributed by atoms with Crippen LogP contribution in [0.3, 0.4) is 0 Å². The fourth-order valence-electron chi connectivity index (χ4n) is 0.695. The standard InChI is InChI=1S/C8H8Br2N2/c1-6(9)5-12-8-7(10)3-2-4-11-8/h2-4H,1,5H2,(H,11,12). The highest BCUT2D eigenvalue weighted by Crippen LogP contribution is 2.18. The summed E-state index contributed by atoms with van der Waals surface area (Å²) in [5.41, 5.74) is 0. The third-order valence-electron chi connectivity index (χ3n) is 1.21. The summed E-state index contributed by atoms with van der Waals surface area (Å²) in [4.78, 5) is 4.13. The minimum Gasteiger partial charge on any atom is -0.365 e. The summed E-state index contributed by atoms with van der Waals surface area (Å²) in [5.74, 6) is 0.832. The Balaban J connectivity index is 2.63. The van der Waals surface area contributed by atoms with E-state index in [9.17, 15) is 0 Å². The van der Waals surface area contributed by atoms with Gasteiger partial charge in [0, 0.05) is 17.2 Å². The Morgan fingerprint density at radius 3 is 3.00 bits per heavy atom. The average molecular weight is 292 g/mol. The summed E-state index contributed by atoms with van der Waals surface area (Å²) in [6.07, 6.45) is 1.74. The topological polar surface area (TPSA) is 24.9 Å². The molecule has 1 aromatic rings. The Kier molecular flexibility index (Phi) is 3.75. The molecule has 0 aromatic carbocycles. The van der Waals surface area contributed by atoms with Crippen molar-refractivity contribution in [3.05, 3.63) is 33.9 Å². The van der Waals surface area contributed by atoms with Crippen LogP contribution >= 0.6 is 31.9 Å². The number of hydrogen-bond acceptors (Lipinski definition) is 2. The molecule has 1 heterocycles. The van der Waals surface area contributed by atoms with Crippen molar-refractivity contribution < 1.29 is 0 Å². The fourth-order valence-corrected chi connectivity index (χ4v) is 1.23. The average Bonchev–Trinajstić information content (AvgIpc) is 2.03. The Bertz CT molecular complexity index is 286. The smallest absolute Gasteiger partial charge is 0.140 e. The number of nitrogens with zero attached hydrogens (tertiary/aromatic N) is 1. The quantitative estimate of drug-likeness (QED) is 0.925. The van der Waals surface area contributed by atoms with Crippen LogP contribution in [0.25, 0.3) is 0 Å². The van der Waals surface area contributed by atoms with Gasteiger partial charge in [-0.1, -0.05) is 22.5 Å². The lowest BCUT2D eigenvalue weighted by atomic mass is 10.4. The van der Waals surface area contributed by atoms with Crippen LogP contribution in [-0.2, 0) is 0 Å². The first-order valence-electron chi connectivity index (χ1n) is 3.38. The Morgan fingerprint density at radius 1 is 1.67 bits per heavy atom. The third kappa shape index (κ3) is 2.95. The molecule has 64 valence electrons. The van der Waals surface area contributed by atoms with E-state index in [0.29, 0.717) is 6.54 Å². The number of aromatic nitrogens is 1. The molecule has 0 radical (unpaired) electrons. The van der Waals surface area contributed by atoms with Crippen LogP contribution in [-0.4, -0.2) is 11.5 Å². The molecule has 0 saturated heterocycles. The zero-order valence-electron chi connectivity index (χ0n) is 6.35. The maximum absolute atomic E-state index is 4.13. The number of nitrogens with one attached hydrogen (secondary N) is 1. The molecule has 0 fully saturated rings. The zero-order chi connectivity index (χ0) is 8.97. The SMILES string of the molecule is C=C(Br)CNc1ncccc1Br. The molecule has 0 aliphatic rings. The van der Waals surface area contributed by atoms with Crippen LogP contribution in [0.1, 0.15) is 0 Å². The van der Waals surface area contributed by atoms with E-state index in [0.717, 1.165) is 14.8 Å². The second-order valence-corrected chi connectivity index (χ2v) is 4.18. The summed E-state index contributed by atoms with van der Waals surface area (Å²) in [6.45, 7) is 4.39. The van der Waals surface area contributed by atoms with Crippen LogP contribution in [0.5, 0.6) is 0 Å². The molecule has 1 aromatic heterocycles. The second-order valence-electron chi connectivity index (χ2n) is 2.20. The zero-order valence-corrected chi connectivity index (χ0v) is 9.52. The van der Waals surface area contributed by atoms with E-state index in [1.54, 1.807) is 6.20 Å². The number of halogens is 2. The van der Waals surface area contributed by atoms with Crippen molar-refractivity contribution in [2.24, 2.45) is 0 Å². The molecule has 0 aliphatic carbocycles. The summed E-state index contributed by atoms with van der Waals surface area (Å²) in [6, 6.07) is 3.81. The summed E-state index contributed by atoms with van der Waals surface area (Å²) < 4.78 is 1.86. The molecule has 0 saturated carbocycles. The fraction of sp³-hybridized carbons (Fsp3) is 0.125. The lowest BCUT2D eigenvalue weighted by Gasteiger charge is -2.04. The van der Waals surface area contributed by atoms with E-state index >= 15 is 0 Å². The highest BCUT2D eigenvalue weighted by molar-refractivity contribution is 9.11. The maximum Gasteiger partial charge on any atom is 0.140 e. The lowest BCUT2D eigenvalue weighted by Crippen LogP contribution is -2.02. The van der Waals surface area contributed by atoms with Crippen molar-refractivity contribution in [1.82, 2.24) is 4.98 Å². The lowest BCUT2D eigenvalue weighted by molar-refractivity contribution is 1.21. The first-order chi connectivity index (χ1) is 5.70. The molecule has 0 bridgehead atoms. The minimum atomic E-state index is 0.676. The third-order valence-corrected chi connectivity index (χ3v) is 2.13. The van der Waals surface area contributed by atoms with Crippen LogP contribution in [0.15, 0.2) is 33.9 Å². The van der Waals surface area contributed by atoms with E-state index in [-0.39, 0.29) is 0 Å². The monoisotopic (exact) mass is 290 g/mol. The van der Waals surface area contributed by atoms with Gasteiger partial charge in [-0.05, 0) is 28.1 Å². The van der Waals surface area contributed by atoms with Gasteiger partial charge in [0.2, 0.25) is 0 Å². The predicted molar refractivity (Wildman–Crippen MR) is 58.5 cm³/mol. The summed E-state index contributed by atoms with van der Waals surface area (Å²) in [5, 5.41) is 3.11. The van der Waals surface area contributed by atoms with Gasteiger partial charge in [0.05, 0.1) is 4.47 Å². The van der Waals surface area contributed by atoms with E-state index < -0.39 is 0 Å². The van der Waals surface area contributed by atoms with E-state index in [4.69, 9.17) is 0 Å². The van der Waals surface area contributed by atoms with Crippen molar-refractivity contribution in [2.75, 3.05) is 11.9 Å². The van der Waals surface area contributed by atoms with Gasteiger partial charge in [-0.2, -0.15) is 0 Å². The van der Waals surface area contributed by atoms with Crippen LogP contribution in [0, 0.1) is 0 Å². The summed E-state index contributed by atoms with van der Waals surface area (Å²) >= 11 is 6.63. The number of rotatable bonds is 3. The molecule has 12 heavy (non-hydrogen) atoms. The van der Waals surface area contributed by atoms with Crippen molar-refractivity contribution in [3.8, 4) is 0 Å². The molecular weight excluding hydrogens is 284 g/mol. The normalized spacial score (nSPS) is 9.50. The molecule has 0 amide bonds. The van der Waals surface area contributed by atoms with Crippen LogP contribution < -0.4 is 5.32 Å². The van der Waals surface area contributed by atoms with E-state index in [1.807, 2.05) is 12.1 Å². The van der Waals surface area contributed by atoms with Gasteiger partial charge in [-0.15, -0.1) is 0 Å². The molecule has 1 rings (SSSR count). The highest BCUT2D eigenvalue weighted by Gasteiger charge is 1.97. The minimum absolute atomic E-state index is 0.676. The molecule has 0 aliphatic heterocycles. The van der Waals surface area contributed by atoms with Gasteiger partial charge in [-0.25, -0.2) is 4.98 Å². The summed E-state index contributed by atoms with van der Waals surface area (Å²) in [7, 11) is 0. The second kappa shape index (κ2) is 4.62. The molecule has 0 unspecified atom stereocenters. The first-order valence-corrected chi connectivity index (χ1v) is 4.96. The van der Waals surface area contributed by atoms with Gasteiger partial charge in [0.15, 0.2) is 0 Å². The number of anilines is 1. The van der Waals surface area contributed by atoms with Crippen molar-refractivity contribution in [2.45, 2.75) is 0 Å². The van der Waals surface area contributed by atoms with Crippen molar-refractivity contribution in [1.29, 1.82) is 0 Å². The maximum atomic E-state index is 4.13. The van der Waals surface area contributed by atoms with Gasteiger partial charge in [0.1, 0.15) is 5.82 Å².